The Hall–Kier alpha value is -2.50. The second kappa shape index (κ2) is 4.80. The largest absolute Gasteiger partial charge is 0.416 e. The molecule has 0 aliphatic heterocycles. The van der Waals surface area contributed by atoms with Crippen LogP contribution in [0.1, 0.15) is 5.56 Å². The van der Waals surface area contributed by atoms with Crippen molar-refractivity contribution in [1.29, 1.82) is 0 Å². The van der Waals surface area contributed by atoms with Crippen LogP contribution < -0.4 is 9.99 Å². The maximum absolute atomic E-state index is 12.8. The number of alkyl halides is 3. The average Bonchev–Trinajstić information content (AvgIpc) is 2.75. The third-order valence-electron chi connectivity index (χ3n) is 3.25. The van der Waals surface area contributed by atoms with E-state index in [2.05, 4.69) is 5.43 Å². The molecule has 21 heavy (non-hydrogen) atoms. The lowest BCUT2D eigenvalue weighted by molar-refractivity contribution is -0.645. The first-order valence-electron chi connectivity index (χ1n) is 6.35. The number of hydrogen-bond acceptors (Lipinski definition) is 1. The van der Waals surface area contributed by atoms with E-state index in [9.17, 15) is 13.2 Å². The zero-order valence-corrected chi connectivity index (χ0v) is 11.2. The Kier molecular flexibility index (Phi) is 3.08. The summed E-state index contributed by atoms with van der Waals surface area (Å²) in [5.41, 5.74) is 4.39. The summed E-state index contributed by atoms with van der Waals surface area (Å²) in [4.78, 5) is 0. The van der Waals surface area contributed by atoms with E-state index in [-0.39, 0.29) is 0 Å². The van der Waals surface area contributed by atoms with Gasteiger partial charge in [-0.2, -0.15) is 13.2 Å². The maximum atomic E-state index is 12.8. The minimum atomic E-state index is -4.35. The lowest BCUT2D eigenvalue weighted by Gasteiger charge is -2.06. The second-order valence-electron chi connectivity index (χ2n) is 4.78. The molecule has 0 amide bonds. The number of aromatic nitrogens is 2. The van der Waals surface area contributed by atoms with Crippen LogP contribution in [0.3, 0.4) is 0 Å². The van der Waals surface area contributed by atoms with Crippen LogP contribution >= 0.6 is 0 Å². The van der Waals surface area contributed by atoms with Crippen LogP contribution in [-0.4, -0.2) is 4.68 Å². The predicted molar refractivity (Wildman–Crippen MR) is 73.6 cm³/mol. The molecule has 0 bridgehead atoms. The average molecular weight is 292 g/mol. The monoisotopic (exact) mass is 292 g/mol. The number of aryl methyl sites for hydroxylation is 1. The van der Waals surface area contributed by atoms with Crippen molar-refractivity contribution in [3.8, 4) is 0 Å². The number of imidazole rings is 1. The molecule has 0 atom stereocenters. The highest BCUT2D eigenvalue weighted by molar-refractivity contribution is 5.74. The van der Waals surface area contributed by atoms with E-state index in [0.29, 0.717) is 11.0 Å². The van der Waals surface area contributed by atoms with Gasteiger partial charge in [0.05, 0.1) is 18.3 Å². The molecule has 0 aliphatic rings. The fourth-order valence-electron chi connectivity index (χ4n) is 2.23. The number of anilines is 1. The summed E-state index contributed by atoms with van der Waals surface area (Å²) in [6.07, 6.45) is -2.65. The summed E-state index contributed by atoms with van der Waals surface area (Å²) in [5, 5.41) is 0. The van der Waals surface area contributed by atoms with E-state index in [0.717, 1.165) is 17.8 Å². The number of fused-ring (bicyclic) bond motifs is 1. The van der Waals surface area contributed by atoms with Crippen LogP contribution in [0.2, 0.25) is 0 Å². The molecule has 3 nitrogen and oxygen atoms in total. The first-order chi connectivity index (χ1) is 9.95. The lowest BCUT2D eigenvalue weighted by atomic mass is 10.2. The summed E-state index contributed by atoms with van der Waals surface area (Å²) >= 11 is 0. The van der Waals surface area contributed by atoms with Gasteiger partial charge in [-0.1, -0.05) is 18.2 Å². The molecule has 6 heteroatoms. The number of nitrogens with one attached hydrogen (secondary N) is 1. The van der Waals surface area contributed by atoms with Gasteiger partial charge in [0.15, 0.2) is 5.52 Å². The number of benzene rings is 2. The predicted octanol–water partition coefficient (Wildman–Crippen LogP) is 3.36. The normalized spacial score (nSPS) is 11.8. The van der Waals surface area contributed by atoms with Crippen molar-refractivity contribution in [1.82, 2.24) is 4.68 Å². The van der Waals surface area contributed by atoms with Crippen molar-refractivity contribution in [2.24, 2.45) is 7.05 Å². The number of halogens is 3. The summed E-state index contributed by atoms with van der Waals surface area (Å²) in [6.45, 7) is 0. The van der Waals surface area contributed by atoms with Gasteiger partial charge in [0.1, 0.15) is 0 Å². The molecule has 0 saturated heterocycles. The number of rotatable bonds is 2. The fraction of sp³-hybridized carbons (Fsp3) is 0.133. The smallest absolute Gasteiger partial charge is 0.231 e. The molecule has 3 aromatic rings. The number of hydrogen-bond donors (Lipinski definition) is 1. The molecule has 2 aromatic carbocycles. The first-order valence-corrected chi connectivity index (χ1v) is 6.35. The Labute approximate surface area is 119 Å². The van der Waals surface area contributed by atoms with Crippen LogP contribution in [0.25, 0.3) is 11.0 Å². The molecule has 3 rings (SSSR count). The molecule has 0 spiro atoms. The molecular weight excluding hydrogens is 279 g/mol. The van der Waals surface area contributed by atoms with E-state index in [1.165, 1.54) is 6.07 Å². The van der Waals surface area contributed by atoms with E-state index in [1.54, 1.807) is 22.6 Å². The Morgan fingerprint density at radius 3 is 2.43 bits per heavy atom. The number of nitrogens with zero attached hydrogens (tertiary/aromatic N) is 2. The van der Waals surface area contributed by atoms with Crippen molar-refractivity contribution in [3.05, 3.63) is 60.4 Å². The van der Waals surface area contributed by atoms with E-state index in [1.807, 2.05) is 30.3 Å². The Morgan fingerprint density at radius 2 is 1.76 bits per heavy atom. The molecule has 0 saturated carbocycles. The van der Waals surface area contributed by atoms with Gasteiger partial charge in [0, 0.05) is 6.07 Å². The van der Waals surface area contributed by atoms with Gasteiger partial charge in [-0.3, -0.25) is 0 Å². The van der Waals surface area contributed by atoms with Gasteiger partial charge in [-0.05, 0) is 24.3 Å². The molecule has 1 aromatic heterocycles. The van der Waals surface area contributed by atoms with E-state index in [4.69, 9.17) is 0 Å². The lowest BCUT2D eigenvalue weighted by Crippen LogP contribution is -2.26. The molecule has 0 radical (unpaired) electrons. The van der Waals surface area contributed by atoms with Crippen molar-refractivity contribution in [3.63, 3.8) is 0 Å². The van der Waals surface area contributed by atoms with Gasteiger partial charge < -0.3 is 0 Å². The second-order valence-corrected chi connectivity index (χ2v) is 4.78. The zero-order valence-electron chi connectivity index (χ0n) is 11.2. The van der Waals surface area contributed by atoms with Crippen LogP contribution in [0, 0.1) is 0 Å². The van der Waals surface area contributed by atoms with Crippen molar-refractivity contribution in [2.45, 2.75) is 6.18 Å². The highest BCUT2D eigenvalue weighted by Gasteiger charge is 2.32. The first kappa shape index (κ1) is 13.5. The Balaban J connectivity index is 2.10. The van der Waals surface area contributed by atoms with Gasteiger partial charge in [0.25, 0.3) is 6.33 Å². The third kappa shape index (κ3) is 2.56. The molecule has 1 heterocycles. The van der Waals surface area contributed by atoms with Gasteiger partial charge in [0.2, 0.25) is 5.52 Å². The highest BCUT2D eigenvalue weighted by Crippen LogP contribution is 2.30. The van der Waals surface area contributed by atoms with E-state index >= 15 is 0 Å². The third-order valence-corrected chi connectivity index (χ3v) is 3.25. The SMILES string of the molecule is C[n+]1cn(Nc2ccccc2)c2cc(C(F)(F)F)ccc21. The molecule has 0 fully saturated rings. The summed E-state index contributed by atoms with van der Waals surface area (Å²) in [6, 6.07) is 13.0. The summed E-state index contributed by atoms with van der Waals surface area (Å²) in [7, 11) is 1.79. The van der Waals surface area contributed by atoms with Crippen LogP contribution in [-0.2, 0) is 13.2 Å². The molecule has 0 aliphatic carbocycles. The summed E-state index contributed by atoms with van der Waals surface area (Å²) < 4.78 is 41.9. The van der Waals surface area contributed by atoms with Gasteiger partial charge in [-0.15, -0.1) is 4.68 Å². The van der Waals surface area contributed by atoms with Crippen LogP contribution in [0.4, 0.5) is 18.9 Å². The molecule has 108 valence electrons. The topological polar surface area (TPSA) is 20.8 Å². The maximum Gasteiger partial charge on any atom is 0.416 e. The Bertz CT molecular complexity index is 776. The van der Waals surface area contributed by atoms with E-state index < -0.39 is 11.7 Å². The molecule has 1 N–H and O–H groups in total. The van der Waals surface area contributed by atoms with Crippen LogP contribution in [0.15, 0.2) is 54.9 Å². The van der Waals surface area contributed by atoms with Crippen molar-refractivity contribution < 1.29 is 17.7 Å². The molecule has 0 unspecified atom stereocenters. The highest BCUT2D eigenvalue weighted by atomic mass is 19.4. The number of para-hydroxylation sites is 1. The Morgan fingerprint density at radius 1 is 1.05 bits per heavy atom. The minimum Gasteiger partial charge on any atom is -0.231 e. The zero-order chi connectivity index (χ0) is 15.0. The van der Waals surface area contributed by atoms with Gasteiger partial charge in [-0.25, -0.2) is 9.99 Å². The van der Waals surface area contributed by atoms with Crippen molar-refractivity contribution in [2.75, 3.05) is 5.43 Å². The molecular formula is C15H13F3N3+. The van der Waals surface area contributed by atoms with Gasteiger partial charge >= 0.3 is 6.18 Å². The minimum absolute atomic E-state index is 0.469. The van der Waals surface area contributed by atoms with Crippen LogP contribution in [0.5, 0.6) is 0 Å². The fourth-order valence-corrected chi connectivity index (χ4v) is 2.23. The summed E-state index contributed by atoms with van der Waals surface area (Å²) in [5.74, 6) is 0. The van der Waals surface area contributed by atoms with Crippen molar-refractivity contribution >= 4 is 16.7 Å². The standard InChI is InChI=1S/C15H13F3N3/c1-20-10-21(19-12-5-3-2-4-6-12)14-9-11(15(16,17)18)7-8-13(14)20/h2-10,19H,1H3/q+1. The quantitative estimate of drug-likeness (QED) is 0.718.